The lowest BCUT2D eigenvalue weighted by Gasteiger charge is -2.29. The summed E-state index contributed by atoms with van der Waals surface area (Å²) in [5.41, 5.74) is 0.384. The Kier molecular flexibility index (Phi) is 5.51. The molecule has 0 radical (unpaired) electrons. The zero-order valence-electron chi connectivity index (χ0n) is 18.5. The predicted molar refractivity (Wildman–Crippen MR) is 116 cm³/mol. The third kappa shape index (κ3) is 3.88. The monoisotopic (exact) mass is 457 g/mol. The van der Waals surface area contributed by atoms with Crippen molar-refractivity contribution < 1.29 is 27.5 Å². The van der Waals surface area contributed by atoms with Gasteiger partial charge in [0.25, 0.3) is 5.91 Å². The molecule has 0 aliphatic carbocycles. The minimum absolute atomic E-state index is 0.0254. The van der Waals surface area contributed by atoms with Crippen LogP contribution in [0.2, 0.25) is 0 Å². The Morgan fingerprint density at radius 1 is 1.15 bits per heavy atom. The fourth-order valence-corrected chi connectivity index (χ4v) is 4.11. The van der Waals surface area contributed by atoms with Gasteiger partial charge in [0.15, 0.2) is 17.5 Å². The van der Waals surface area contributed by atoms with Crippen molar-refractivity contribution in [2.24, 2.45) is 0 Å². The lowest BCUT2D eigenvalue weighted by atomic mass is 9.82. The fraction of sp³-hybridized carbons (Fsp3) is 0.292. The molecule has 0 spiro atoms. The van der Waals surface area contributed by atoms with Gasteiger partial charge in [0, 0.05) is 29.7 Å². The van der Waals surface area contributed by atoms with Gasteiger partial charge in [0.2, 0.25) is 0 Å². The van der Waals surface area contributed by atoms with E-state index >= 15 is 0 Å². The number of carbonyl (C=O) groups is 2. The second-order valence-electron chi connectivity index (χ2n) is 8.81. The number of aromatic nitrogens is 2. The van der Waals surface area contributed by atoms with Crippen molar-refractivity contribution in [1.82, 2.24) is 14.9 Å². The molecule has 0 fully saturated rings. The first-order valence-corrected chi connectivity index (χ1v) is 10.4. The normalized spacial score (nSPS) is 15.3. The van der Waals surface area contributed by atoms with Gasteiger partial charge < -0.3 is 14.6 Å². The predicted octanol–water partition coefficient (Wildman–Crippen LogP) is 4.71. The quantitative estimate of drug-likeness (QED) is 0.457. The number of amides is 1. The van der Waals surface area contributed by atoms with Gasteiger partial charge in [-0.15, -0.1) is 0 Å². The van der Waals surface area contributed by atoms with Crippen molar-refractivity contribution in [3.05, 3.63) is 70.9 Å². The van der Waals surface area contributed by atoms with Gasteiger partial charge in [0.1, 0.15) is 5.65 Å². The van der Waals surface area contributed by atoms with Crippen molar-refractivity contribution in [2.45, 2.75) is 39.2 Å². The van der Waals surface area contributed by atoms with Gasteiger partial charge >= 0.3 is 5.97 Å². The Bertz CT molecular complexity index is 1310. The summed E-state index contributed by atoms with van der Waals surface area (Å²) >= 11 is 0. The molecule has 1 aromatic carbocycles. The molecule has 1 aliphatic rings. The highest BCUT2D eigenvalue weighted by Crippen LogP contribution is 2.40. The van der Waals surface area contributed by atoms with Crippen LogP contribution in [0.15, 0.2) is 36.7 Å². The van der Waals surface area contributed by atoms with Gasteiger partial charge in [-0.05, 0) is 43.7 Å². The van der Waals surface area contributed by atoms with Crippen LogP contribution in [0, 0.1) is 17.5 Å². The largest absolute Gasteiger partial charge is 0.459 e. The third-order valence-electron chi connectivity index (χ3n) is 5.46. The average molecular weight is 457 g/mol. The molecule has 0 unspecified atom stereocenters. The van der Waals surface area contributed by atoms with Crippen LogP contribution < -0.4 is 0 Å². The molecular weight excluding hydrogens is 435 g/mol. The van der Waals surface area contributed by atoms with Crippen molar-refractivity contribution in [2.75, 3.05) is 6.54 Å². The SMILES string of the molecule is CC(C)OC(=O)C1=CN(C(=O)c2ccc(F)c(F)c2F)CC(C)(C)c2c1[nH]c1ncccc21. The lowest BCUT2D eigenvalue weighted by Crippen LogP contribution is -2.37. The average Bonchev–Trinajstić information content (AvgIpc) is 3.09. The molecule has 3 heterocycles. The highest BCUT2D eigenvalue weighted by Gasteiger charge is 2.38. The van der Waals surface area contributed by atoms with E-state index in [4.69, 9.17) is 4.74 Å². The smallest absolute Gasteiger partial charge is 0.342 e. The van der Waals surface area contributed by atoms with E-state index in [1.54, 1.807) is 26.1 Å². The van der Waals surface area contributed by atoms with Crippen LogP contribution in [0.1, 0.15) is 49.3 Å². The highest BCUT2D eigenvalue weighted by atomic mass is 19.2. The van der Waals surface area contributed by atoms with Crippen molar-refractivity contribution in [1.29, 1.82) is 0 Å². The maximum absolute atomic E-state index is 14.4. The first-order chi connectivity index (χ1) is 15.5. The Balaban J connectivity index is 1.91. The summed E-state index contributed by atoms with van der Waals surface area (Å²) in [5, 5.41) is 0.758. The van der Waals surface area contributed by atoms with Crippen LogP contribution in [0.4, 0.5) is 13.2 Å². The molecule has 1 amide bonds. The summed E-state index contributed by atoms with van der Waals surface area (Å²) in [6, 6.07) is 5.17. The maximum atomic E-state index is 14.4. The number of rotatable bonds is 3. The molecule has 1 N–H and O–H groups in total. The number of hydrogen-bond donors (Lipinski definition) is 1. The molecule has 0 saturated heterocycles. The molecule has 9 heteroatoms. The minimum atomic E-state index is -1.74. The van der Waals surface area contributed by atoms with Crippen LogP contribution in [-0.2, 0) is 14.9 Å². The summed E-state index contributed by atoms with van der Waals surface area (Å²) in [7, 11) is 0. The standard InChI is InChI=1S/C24H22F3N3O3/c1-12(2)33-23(32)15-10-30(22(31)14-7-8-16(25)19(27)18(14)26)11-24(3,4)17-13-6-5-9-28-21(13)29-20(15)17/h5-10,12H,11H2,1-4H3,(H,28,29). The lowest BCUT2D eigenvalue weighted by molar-refractivity contribution is -0.140. The summed E-state index contributed by atoms with van der Waals surface area (Å²) in [6.45, 7) is 7.12. The molecule has 0 atom stereocenters. The zero-order chi connectivity index (χ0) is 24.1. The number of fused-ring (bicyclic) bond motifs is 3. The third-order valence-corrected chi connectivity index (χ3v) is 5.46. The second-order valence-corrected chi connectivity index (χ2v) is 8.81. The van der Waals surface area contributed by atoms with Gasteiger partial charge in [0.05, 0.1) is 22.9 Å². The molecule has 6 nitrogen and oxygen atoms in total. The number of nitrogens with zero attached hydrogens (tertiary/aromatic N) is 2. The number of hydrogen-bond acceptors (Lipinski definition) is 4. The van der Waals surface area contributed by atoms with Crippen molar-refractivity contribution >= 4 is 28.5 Å². The number of aromatic amines is 1. The molecule has 3 aromatic rings. The van der Waals surface area contributed by atoms with Crippen LogP contribution in [-0.4, -0.2) is 39.4 Å². The van der Waals surface area contributed by atoms with E-state index in [-0.39, 0.29) is 12.1 Å². The molecular formula is C24H22F3N3O3. The topological polar surface area (TPSA) is 75.3 Å². The van der Waals surface area contributed by atoms with E-state index in [0.717, 1.165) is 21.9 Å². The minimum Gasteiger partial charge on any atom is -0.459 e. The first kappa shape index (κ1) is 22.6. The number of halogens is 3. The molecule has 172 valence electrons. The molecule has 1 aliphatic heterocycles. The van der Waals surface area contributed by atoms with Crippen molar-refractivity contribution in [3.63, 3.8) is 0 Å². The Morgan fingerprint density at radius 2 is 1.88 bits per heavy atom. The number of benzene rings is 1. The van der Waals surface area contributed by atoms with E-state index < -0.39 is 46.4 Å². The van der Waals surface area contributed by atoms with E-state index in [9.17, 15) is 22.8 Å². The van der Waals surface area contributed by atoms with E-state index in [1.807, 2.05) is 19.9 Å². The Labute approximate surface area is 188 Å². The van der Waals surface area contributed by atoms with Crippen LogP contribution in [0.25, 0.3) is 16.6 Å². The number of nitrogens with one attached hydrogen (secondary N) is 1. The number of pyridine rings is 1. The molecule has 4 rings (SSSR count). The second kappa shape index (κ2) is 8.06. The zero-order valence-corrected chi connectivity index (χ0v) is 18.5. The van der Waals surface area contributed by atoms with Gasteiger partial charge in [-0.2, -0.15) is 0 Å². The fourth-order valence-electron chi connectivity index (χ4n) is 4.11. The number of esters is 1. The van der Waals surface area contributed by atoms with Crippen molar-refractivity contribution in [3.8, 4) is 0 Å². The van der Waals surface area contributed by atoms with Crippen LogP contribution in [0.3, 0.4) is 0 Å². The number of H-pyrrole nitrogens is 1. The van der Waals surface area contributed by atoms with Crippen LogP contribution >= 0.6 is 0 Å². The van der Waals surface area contributed by atoms with Gasteiger partial charge in [-0.3, -0.25) is 4.79 Å². The van der Waals surface area contributed by atoms with Gasteiger partial charge in [-0.25, -0.2) is 22.9 Å². The van der Waals surface area contributed by atoms with Crippen LogP contribution in [0.5, 0.6) is 0 Å². The van der Waals surface area contributed by atoms with E-state index in [0.29, 0.717) is 17.4 Å². The maximum Gasteiger partial charge on any atom is 0.342 e. The number of carbonyl (C=O) groups excluding carboxylic acids is 2. The van der Waals surface area contributed by atoms with E-state index in [2.05, 4.69) is 9.97 Å². The summed E-state index contributed by atoms with van der Waals surface area (Å²) in [5.74, 6) is -6.33. The molecule has 33 heavy (non-hydrogen) atoms. The first-order valence-electron chi connectivity index (χ1n) is 10.4. The summed E-state index contributed by atoms with van der Waals surface area (Å²) in [6.07, 6.45) is 2.44. The Hall–Kier alpha value is -3.62. The molecule has 0 saturated carbocycles. The molecule has 2 aromatic heterocycles. The Morgan fingerprint density at radius 3 is 2.58 bits per heavy atom. The summed E-state index contributed by atoms with van der Waals surface area (Å²) < 4.78 is 47.0. The highest BCUT2D eigenvalue weighted by molar-refractivity contribution is 6.18. The van der Waals surface area contributed by atoms with Gasteiger partial charge in [-0.1, -0.05) is 13.8 Å². The summed E-state index contributed by atoms with van der Waals surface area (Å²) in [4.78, 5) is 34.9. The molecule has 0 bridgehead atoms. The van der Waals surface area contributed by atoms with E-state index in [1.165, 1.54) is 6.20 Å². The number of ether oxygens (including phenoxy) is 1.